The lowest BCUT2D eigenvalue weighted by Crippen LogP contribution is -1.92. The van der Waals surface area contributed by atoms with Crippen LogP contribution >= 0.6 is 11.6 Å². The molecule has 2 nitrogen and oxygen atoms in total. The van der Waals surface area contributed by atoms with Gasteiger partial charge in [-0.1, -0.05) is 23.7 Å². The van der Waals surface area contributed by atoms with Gasteiger partial charge in [-0.3, -0.25) is 0 Å². The third-order valence-corrected chi connectivity index (χ3v) is 2.66. The van der Waals surface area contributed by atoms with E-state index in [0.717, 1.165) is 5.56 Å². The van der Waals surface area contributed by atoms with Crippen molar-refractivity contribution in [3.8, 4) is 0 Å². The fraction of sp³-hybridized carbons (Fsp3) is 0.143. The summed E-state index contributed by atoms with van der Waals surface area (Å²) in [7, 11) is 0. The molecule has 0 aromatic heterocycles. The Bertz CT molecular complexity index is 278. The van der Waals surface area contributed by atoms with Crippen LogP contribution in [0, 0.1) is 6.92 Å². The second-order valence-electron chi connectivity index (χ2n) is 2.14. The molecule has 0 aliphatic rings. The first-order valence-electron chi connectivity index (χ1n) is 2.99. The van der Waals surface area contributed by atoms with Gasteiger partial charge in [-0.05, 0) is 18.6 Å². The van der Waals surface area contributed by atoms with Crippen molar-refractivity contribution in [3.63, 3.8) is 0 Å². The van der Waals surface area contributed by atoms with Gasteiger partial charge in [0.1, 0.15) is 0 Å². The predicted molar refractivity (Wildman–Crippen MR) is 45.2 cm³/mol. The Hall–Kier alpha value is -0.380. The Balaban J connectivity index is 3.32. The van der Waals surface area contributed by atoms with Gasteiger partial charge >= 0.3 is 0 Å². The Labute approximate surface area is 72.5 Å². The topological polar surface area (TPSA) is 37.3 Å². The van der Waals surface area contributed by atoms with Crippen molar-refractivity contribution in [2.45, 2.75) is 11.8 Å². The van der Waals surface area contributed by atoms with Crippen LogP contribution in [0.1, 0.15) is 5.56 Å². The van der Waals surface area contributed by atoms with Crippen molar-refractivity contribution in [3.05, 3.63) is 28.8 Å². The van der Waals surface area contributed by atoms with Crippen molar-refractivity contribution in [2.24, 2.45) is 0 Å². The first kappa shape index (κ1) is 8.71. The summed E-state index contributed by atoms with van der Waals surface area (Å²) in [6.45, 7) is 1.75. The zero-order valence-corrected chi connectivity index (χ0v) is 7.45. The molecule has 0 aliphatic heterocycles. The summed E-state index contributed by atoms with van der Waals surface area (Å²) in [4.78, 5) is 0.300. The smallest absolute Gasteiger partial charge is 0.188 e. The lowest BCUT2D eigenvalue weighted by molar-refractivity contribution is 0.564. The average Bonchev–Trinajstić information content (AvgIpc) is 1.85. The van der Waals surface area contributed by atoms with Gasteiger partial charge < -0.3 is 4.55 Å². The number of rotatable bonds is 1. The Morgan fingerprint density at radius 2 is 2.18 bits per heavy atom. The molecule has 0 saturated heterocycles. The maximum Gasteiger partial charge on any atom is 0.188 e. The monoisotopic (exact) mass is 190 g/mol. The van der Waals surface area contributed by atoms with Gasteiger partial charge in [-0.2, -0.15) is 0 Å². The molecular weight excluding hydrogens is 184 g/mol. The Morgan fingerprint density at radius 3 is 2.55 bits per heavy atom. The molecule has 0 saturated carbocycles. The third kappa shape index (κ3) is 1.80. The molecule has 0 aliphatic carbocycles. The van der Waals surface area contributed by atoms with E-state index in [-0.39, 0.29) is 0 Å². The molecule has 0 heterocycles. The summed E-state index contributed by atoms with van der Waals surface area (Å²) in [5.74, 6) is 0. The van der Waals surface area contributed by atoms with E-state index < -0.39 is 11.1 Å². The fourth-order valence-electron chi connectivity index (χ4n) is 0.838. The van der Waals surface area contributed by atoms with Crippen LogP contribution in [0.25, 0.3) is 0 Å². The summed E-state index contributed by atoms with van der Waals surface area (Å²) in [6.07, 6.45) is 0. The minimum atomic E-state index is -1.98. The highest BCUT2D eigenvalue weighted by atomic mass is 35.5. The van der Waals surface area contributed by atoms with E-state index in [1.165, 1.54) is 0 Å². The summed E-state index contributed by atoms with van der Waals surface area (Å²) in [5, 5.41) is 0.339. The van der Waals surface area contributed by atoms with E-state index in [0.29, 0.717) is 9.92 Å². The van der Waals surface area contributed by atoms with Crippen LogP contribution in [-0.2, 0) is 11.1 Å². The highest BCUT2D eigenvalue weighted by Gasteiger charge is 2.07. The lowest BCUT2D eigenvalue weighted by atomic mass is 10.2. The first-order valence-corrected chi connectivity index (χ1v) is 4.47. The molecule has 0 spiro atoms. The quantitative estimate of drug-likeness (QED) is 0.690. The van der Waals surface area contributed by atoms with Gasteiger partial charge in [0, 0.05) is 0 Å². The molecule has 1 aromatic rings. The Kier molecular flexibility index (Phi) is 2.65. The van der Waals surface area contributed by atoms with Crippen LogP contribution in [0.15, 0.2) is 23.1 Å². The van der Waals surface area contributed by atoms with Crippen LogP contribution in [0.5, 0.6) is 0 Å². The molecule has 1 aromatic carbocycles. The first-order chi connectivity index (χ1) is 5.13. The zero-order chi connectivity index (χ0) is 8.43. The molecule has 0 amide bonds. The second-order valence-corrected chi connectivity index (χ2v) is 3.45. The molecular formula is C7H7ClO2S. The highest BCUT2D eigenvalue weighted by Crippen LogP contribution is 2.21. The molecule has 60 valence electrons. The highest BCUT2D eigenvalue weighted by molar-refractivity contribution is 7.79. The largest absolute Gasteiger partial charge is 0.302 e. The van der Waals surface area contributed by atoms with Crippen molar-refractivity contribution >= 4 is 22.7 Å². The summed E-state index contributed by atoms with van der Waals surface area (Å²) in [6, 6.07) is 5.08. The molecule has 4 heteroatoms. The number of aryl methyl sites for hydroxylation is 1. The summed E-state index contributed by atoms with van der Waals surface area (Å²) < 4.78 is 19.4. The van der Waals surface area contributed by atoms with Crippen LogP contribution in [0.4, 0.5) is 0 Å². The maximum absolute atomic E-state index is 10.7. The van der Waals surface area contributed by atoms with Crippen molar-refractivity contribution in [1.82, 2.24) is 0 Å². The SMILES string of the molecule is Cc1cccc(Cl)c1S(=O)O. The van der Waals surface area contributed by atoms with E-state index in [9.17, 15) is 4.21 Å². The van der Waals surface area contributed by atoms with E-state index >= 15 is 0 Å². The molecule has 1 rings (SSSR count). The number of halogens is 1. The minimum absolute atomic E-state index is 0.300. The molecule has 0 radical (unpaired) electrons. The lowest BCUT2D eigenvalue weighted by Gasteiger charge is -2.01. The average molecular weight is 191 g/mol. The van der Waals surface area contributed by atoms with Gasteiger partial charge in [0.2, 0.25) is 0 Å². The van der Waals surface area contributed by atoms with Gasteiger partial charge in [0.05, 0.1) is 9.92 Å². The van der Waals surface area contributed by atoms with Crippen molar-refractivity contribution in [1.29, 1.82) is 0 Å². The summed E-state index contributed by atoms with van der Waals surface area (Å²) in [5.41, 5.74) is 0.735. The van der Waals surface area contributed by atoms with Crippen LogP contribution in [-0.4, -0.2) is 8.76 Å². The molecule has 11 heavy (non-hydrogen) atoms. The van der Waals surface area contributed by atoms with E-state index in [2.05, 4.69) is 0 Å². The fourth-order valence-corrected chi connectivity index (χ4v) is 1.84. The van der Waals surface area contributed by atoms with E-state index in [4.69, 9.17) is 16.2 Å². The van der Waals surface area contributed by atoms with E-state index in [1.54, 1.807) is 25.1 Å². The van der Waals surface area contributed by atoms with Gasteiger partial charge in [-0.15, -0.1) is 0 Å². The van der Waals surface area contributed by atoms with Crippen LogP contribution < -0.4 is 0 Å². The summed E-state index contributed by atoms with van der Waals surface area (Å²) >= 11 is 3.69. The van der Waals surface area contributed by atoms with Gasteiger partial charge in [-0.25, -0.2) is 4.21 Å². The van der Waals surface area contributed by atoms with Crippen LogP contribution in [0.3, 0.4) is 0 Å². The standard InChI is InChI=1S/C7H7ClO2S/c1-5-3-2-4-6(8)7(5)11(9)10/h2-4H,1H3,(H,9,10). The number of benzene rings is 1. The van der Waals surface area contributed by atoms with Crippen molar-refractivity contribution < 1.29 is 8.76 Å². The Morgan fingerprint density at radius 1 is 1.55 bits per heavy atom. The predicted octanol–water partition coefficient (Wildman–Crippen LogP) is 2.23. The molecule has 1 unspecified atom stereocenters. The van der Waals surface area contributed by atoms with Gasteiger partial charge in [0.25, 0.3) is 0 Å². The molecule has 1 atom stereocenters. The molecule has 1 N–H and O–H groups in total. The second kappa shape index (κ2) is 3.34. The number of hydrogen-bond acceptors (Lipinski definition) is 1. The van der Waals surface area contributed by atoms with E-state index in [1.807, 2.05) is 0 Å². The molecule has 0 bridgehead atoms. The third-order valence-electron chi connectivity index (χ3n) is 1.34. The minimum Gasteiger partial charge on any atom is -0.302 e. The normalized spacial score (nSPS) is 13.0. The maximum atomic E-state index is 10.7. The van der Waals surface area contributed by atoms with Gasteiger partial charge in [0.15, 0.2) is 11.1 Å². The van der Waals surface area contributed by atoms with Crippen LogP contribution in [0.2, 0.25) is 5.02 Å². The number of hydrogen-bond donors (Lipinski definition) is 1. The zero-order valence-electron chi connectivity index (χ0n) is 5.87. The van der Waals surface area contributed by atoms with Crippen molar-refractivity contribution in [2.75, 3.05) is 0 Å². The molecule has 0 fully saturated rings.